The highest BCUT2D eigenvalue weighted by atomic mass is 16.5. The first-order valence-corrected chi connectivity index (χ1v) is 7.04. The number of amides is 1. The van der Waals surface area contributed by atoms with Crippen LogP contribution >= 0.6 is 0 Å². The summed E-state index contributed by atoms with van der Waals surface area (Å²) in [5, 5.41) is 39.1. The van der Waals surface area contributed by atoms with Crippen molar-refractivity contribution >= 4 is 5.91 Å². The maximum atomic E-state index is 11.0. The molecule has 7 heteroatoms. The minimum Gasteiger partial charge on any atom is -0.394 e. The topological polar surface area (TPSA) is 119 Å². The molecule has 5 atom stereocenters. The second-order valence-electron chi connectivity index (χ2n) is 3.79. The number of carbonyl (C=O) groups excluding carboxylic acids is 1. The quantitative estimate of drug-likeness (QED) is 0.456. The fourth-order valence-corrected chi connectivity index (χ4v) is 1.74. The van der Waals surface area contributed by atoms with Crippen LogP contribution in [0.25, 0.3) is 0 Å². The van der Waals surface area contributed by atoms with E-state index >= 15 is 0 Å². The predicted octanol–water partition coefficient (Wildman–Crippen LogP) is -0.983. The monoisotopic (exact) mass is 295 g/mol. The van der Waals surface area contributed by atoms with Gasteiger partial charge in [-0.1, -0.05) is 27.7 Å². The van der Waals surface area contributed by atoms with Crippen LogP contribution in [-0.2, 0) is 9.53 Å². The number of hydrogen-bond donors (Lipinski definition) is 5. The molecule has 0 spiro atoms. The van der Waals surface area contributed by atoms with Crippen molar-refractivity contribution in [2.45, 2.75) is 65.1 Å². The molecule has 1 saturated heterocycles. The van der Waals surface area contributed by atoms with Crippen LogP contribution in [0.5, 0.6) is 0 Å². The second-order valence-corrected chi connectivity index (χ2v) is 3.79. The second kappa shape index (κ2) is 12.0. The zero-order chi connectivity index (χ0) is 16.3. The van der Waals surface area contributed by atoms with Crippen molar-refractivity contribution < 1.29 is 30.0 Å². The summed E-state index contributed by atoms with van der Waals surface area (Å²) in [4.78, 5) is 11.0. The van der Waals surface area contributed by atoms with Gasteiger partial charge in [0.15, 0.2) is 0 Å². The maximum Gasteiger partial charge on any atom is 0.246 e. The van der Waals surface area contributed by atoms with E-state index in [9.17, 15) is 15.0 Å². The van der Waals surface area contributed by atoms with Crippen LogP contribution in [0.1, 0.15) is 34.6 Å². The van der Waals surface area contributed by atoms with Crippen molar-refractivity contribution in [2.24, 2.45) is 0 Å². The molecule has 20 heavy (non-hydrogen) atoms. The lowest BCUT2D eigenvalue weighted by atomic mass is 9.93. The van der Waals surface area contributed by atoms with Gasteiger partial charge in [0.1, 0.15) is 24.9 Å². The normalized spacial score (nSPS) is 32.1. The zero-order valence-electron chi connectivity index (χ0n) is 12.9. The Balaban J connectivity index is 0. The van der Waals surface area contributed by atoms with E-state index < -0.39 is 49.6 Å². The van der Waals surface area contributed by atoms with Gasteiger partial charge in [0, 0.05) is 0 Å². The lowest BCUT2D eigenvalue weighted by molar-refractivity contribution is -0.191. The number of nitrogens with one attached hydrogen (secondary N) is 1. The summed E-state index contributed by atoms with van der Waals surface area (Å²) in [5.74, 6) is -0.658. The number of aliphatic hydroxyl groups is 4. The van der Waals surface area contributed by atoms with E-state index in [-0.39, 0.29) is 0 Å². The largest absolute Gasteiger partial charge is 0.394 e. The van der Waals surface area contributed by atoms with Gasteiger partial charge in [-0.05, 0) is 6.92 Å². The highest BCUT2D eigenvalue weighted by Crippen LogP contribution is 2.20. The highest BCUT2D eigenvalue weighted by molar-refractivity contribution is 5.77. The van der Waals surface area contributed by atoms with Gasteiger partial charge < -0.3 is 30.5 Å². The fraction of sp³-hybridized carbons (Fsp3) is 0.923. The van der Waals surface area contributed by atoms with Crippen LogP contribution in [0.2, 0.25) is 0 Å². The molecule has 0 radical (unpaired) electrons. The average molecular weight is 295 g/mol. The molecule has 1 aliphatic rings. The fourth-order valence-electron chi connectivity index (χ4n) is 1.74. The zero-order valence-corrected chi connectivity index (χ0v) is 12.9. The van der Waals surface area contributed by atoms with Gasteiger partial charge in [0.25, 0.3) is 0 Å². The lowest BCUT2D eigenvalue weighted by Crippen LogP contribution is -2.63. The Kier molecular flexibility index (Phi) is 13.0. The lowest BCUT2D eigenvalue weighted by Gasteiger charge is -2.41. The summed E-state index contributed by atoms with van der Waals surface area (Å²) in [6.45, 7) is 8.48. The van der Waals surface area contributed by atoms with Crippen LogP contribution in [0, 0.1) is 0 Å². The molecule has 1 rings (SSSR count). The van der Waals surface area contributed by atoms with Gasteiger partial charge in [0.2, 0.25) is 5.91 Å². The standard InChI is InChI=1S/C9H17NO6.2C2H6/c1-4-7(10-6(13)3-12)9(15)8(14)5(2-11)16-4;2*1-2/h4-5,7-9,11-12,14-15H,2-3H2,1H3,(H,10,13);2*1-2H3. The van der Waals surface area contributed by atoms with Gasteiger partial charge >= 0.3 is 0 Å². The van der Waals surface area contributed by atoms with E-state index in [1.807, 2.05) is 27.7 Å². The molecule has 122 valence electrons. The Hall–Kier alpha value is -0.730. The molecule has 7 nitrogen and oxygen atoms in total. The summed E-state index contributed by atoms with van der Waals surface area (Å²) in [6, 6.07) is -0.808. The Morgan fingerprint density at radius 3 is 2.00 bits per heavy atom. The van der Waals surface area contributed by atoms with Crippen molar-refractivity contribution in [3.05, 3.63) is 0 Å². The average Bonchev–Trinajstić information content (AvgIpc) is 2.51. The number of aliphatic hydroxyl groups excluding tert-OH is 4. The molecule has 0 saturated carbocycles. The molecule has 1 amide bonds. The van der Waals surface area contributed by atoms with Gasteiger partial charge in [-0.25, -0.2) is 0 Å². The van der Waals surface area contributed by atoms with Crippen molar-refractivity contribution in [2.75, 3.05) is 13.2 Å². The number of ether oxygens (including phenoxy) is 1. The maximum absolute atomic E-state index is 11.0. The number of carbonyl (C=O) groups is 1. The third-order valence-electron chi connectivity index (χ3n) is 2.65. The summed E-state index contributed by atoms with van der Waals surface area (Å²) in [7, 11) is 0. The molecule has 1 fully saturated rings. The number of hydrogen-bond acceptors (Lipinski definition) is 6. The van der Waals surface area contributed by atoms with Crippen molar-refractivity contribution in [3.63, 3.8) is 0 Å². The van der Waals surface area contributed by atoms with Gasteiger partial charge in [0.05, 0.1) is 18.8 Å². The first-order chi connectivity index (χ1) is 9.51. The molecule has 0 aromatic heterocycles. The van der Waals surface area contributed by atoms with Crippen LogP contribution in [0.4, 0.5) is 0 Å². The smallest absolute Gasteiger partial charge is 0.246 e. The van der Waals surface area contributed by atoms with E-state index in [0.29, 0.717) is 0 Å². The van der Waals surface area contributed by atoms with Crippen LogP contribution in [0.15, 0.2) is 0 Å². The predicted molar refractivity (Wildman–Crippen MR) is 75.1 cm³/mol. The molecule has 0 aliphatic carbocycles. The van der Waals surface area contributed by atoms with Crippen LogP contribution in [-0.4, -0.2) is 70.0 Å². The van der Waals surface area contributed by atoms with Crippen LogP contribution < -0.4 is 5.32 Å². The molecular formula is C13H29NO6. The van der Waals surface area contributed by atoms with Gasteiger partial charge in [-0.3, -0.25) is 4.79 Å². The highest BCUT2D eigenvalue weighted by Gasteiger charge is 2.42. The minimum absolute atomic E-state index is 0.413. The van der Waals surface area contributed by atoms with E-state index in [1.54, 1.807) is 6.92 Å². The number of rotatable bonds is 3. The molecule has 1 aliphatic heterocycles. The summed E-state index contributed by atoms with van der Waals surface area (Å²) < 4.78 is 5.22. The Labute approximate surface area is 120 Å². The van der Waals surface area contributed by atoms with Gasteiger partial charge in [-0.2, -0.15) is 0 Å². The Morgan fingerprint density at radius 2 is 1.60 bits per heavy atom. The molecule has 0 bridgehead atoms. The third-order valence-corrected chi connectivity index (χ3v) is 2.65. The molecular weight excluding hydrogens is 266 g/mol. The van der Waals surface area contributed by atoms with Gasteiger partial charge in [-0.15, -0.1) is 0 Å². The van der Waals surface area contributed by atoms with Crippen LogP contribution in [0.3, 0.4) is 0 Å². The van der Waals surface area contributed by atoms with Crippen molar-refractivity contribution in [1.82, 2.24) is 5.32 Å². The Bertz CT molecular complexity index is 251. The van der Waals surface area contributed by atoms with Crippen molar-refractivity contribution in [1.29, 1.82) is 0 Å². The first kappa shape index (κ1) is 21.6. The van der Waals surface area contributed by atoms with E-state index in [4.69, 9.17) is 14.9 Å². The molecule has 5 unspecified atom stereocenters. The van der Waals surface area contributed by atoms with E-state index in [1.165, 1.54) is 0 Å². The van der Waals surface area contributed by atoms with E-state index in [2.05, 4.69) is 5.32 Å². The third kappa shape index (κ3) is 6.15. The first-order valence-electron chi connectivity index (χ1n) is 7.04. The SMILES string of the molecule is CC.CC.CC1OC(CO)C(O)C(O)C1NC(=O)CO. The molecule has 0 aromatic carbocycles. The summed E-state index contributed by atoms with van der Waals surface area (Å²) in [6.07, 6.45) is -3.94. The van der Waals surface area contributed by atoms with E-state index in [0.717, 1.165) is 0 Å². The minimum atomic E-state index is -1.27. The molecule has 1 heterocycles. The Morgan fingerprint density at radius 1 is 1.10 bits per heavy atom. The molecule has 0 aromatic rings. The summed E-state index contributed by atoms with van der Waals surface area (Å²) in [5.41, 5.74) is 0. The van der Waals surface area contributed by atoms with Crippen molar-refractivity contribution in [3.8, 4) is 0 Å². The molecule has 5 N–H and O–H groups in total. The summed E-state index contributed by atoms with van der Waals surface area (Å²) >= 11 is 0.